The predicted molar refractivity (Wildman–Crippen MR) is 123 cm³/mol. The molecule has 0 heterocycles. The van der Waals surface area contributed by atoms with Crippen molar-refractivity contribution in [3.63, 3.8) is 0 Å². The van der Waals surface area contributed by atoms with Gasteiger partial charge in [-0.2, -0.15) is 0 Å². The molecular formula is C28H44O3. The third-order valence-corrected chi connectivity index (χ3v) is 11.6. The van der Waals surface area contributed by atoms with Crippen LogP contribution < -0.4 is 0 Å². The lowest BCUT2D eigenvalue weighted by Crippen LogP contribution is -2.57. The van der Waals surface area contributed by atoms with Crippen molar-refractivity contribution in [1.82, 2.24) is 0 Å². The fourth-order valence-electron chi connectivity index (χ4n) is 10.3. The molecule has 5 saturated carbocycles. The molecule has 5 fully saturated rings. The van der Waals surface area contributed by atoms with Crippen LogP contribution in [0.3, 0.4) is 0 Å². The average molecular weight is 429 g/mol. The molecule has 0 saturated heterocycles. The van der Waals surface area contributed by atoms with Gasteiger partial charge in [-0.15, -0.1) is 0 Å². The van der Waals surface area contributed by atoms with E-state index in [0.29, 0.717) is 40.8 Å². The molecule has 5 aliphatic rings. The Labute approximate surface area is 189 Å². The van der Waals surface area contributed by atoms with E-state index in [4.69, 9.17) is 9.47 Å². The normalized spacial score (nSPS) is 51.4. The first kappa shape index (κ1) is 22.0. The summed E-state index contributed by atoms with van der Waals surface area (Å²) in [6, 6.07) is 0. The van der Waals surface area contributed by atoms with E-state index in [-0.39, 0.29) is 5.97 Å². The van der Waals surface area contributed by atoms with Gasteiger partial charge in [-0.1, -0.05) is 26.8 Å². The van der Waals surface area contributed by atoms with Gasteiger partial charge in [0.05, 0.1) is 12.7 Å². The SMILES string of the molecule is CCOC(=O)/C(C)=C\[C@@H](C)[C@H]1CC[C@H]2[C@@H]3CC(OC)C45C[C@H]4CC[C@]5(C)[C@H]3CC[C@]12C. The standard InChI is InChI=1S/C28H44O3/c1-7-31-25(29)18(3)14-17(2)21-8-9-22-20-15-24(30-6)28-16-19(28)10-13-27(28,5)23(20)11-12-26(21,22)4/h14,17,19-24H,7-13,15-16H2,1-6H3/b18-14-/t17-,19-,20+,21-,22+,23+,24?,26-,27-,28?/m1/s1. The second kappa shape index (κ2) is 7.34. The van der Waals surface area contributed by atoms with E-state index in [1.165, 1.54) is 51.4 Å². The quantitative estimate of drug-likeness (QED) is 0.375. The molecule has 3 heteroatoms. The summed E-state index contributed by atoms with van der Waals surface area (Å²) in [5.41, 5.74) is 2.20. The van der Waals surface area contributed by atoms with Crippen molar-refractivity contribution < 1.29 is 14.3 Å². The highest BCUT2D eigenvalue weighted by molar-refractivity contribution is 5.87. The molecule has 0 radical (unpaired) electrons. The van der Waals surface area contributed by atoms with Crippen molar-refractivity contribution in [3.05, 3.63) is 11.6 Å². The minimum absolute atomic E-state index is 0.147. The van der Waals surface area contributed by atoms with E-state index >= 15 is 0 Å². The molecule has 0 N–H and O–H groups in total. The minimum Gasteiger partial charge on any atom is -0.463 e. The maximum atomic E-state index is 12.2. The summed E-state index contributed by atoms with van der Waals surface area (Å²) in [7, 11) is 1.98. The molecule has 2 unspecified atom stereocenters. The Bertz CT molecular complexity index is 772. The fourth-order valence-corrected chi connectivity index (χ4v) is 10.3. The van der Waals surface area contributed by atoms with Crippen molar-refractivity contribution in [1.29, 1.82) is 0 Å². The first-order valence-electron chi connectivity index (χ1n) is 13.1. The highest BCUT2D eigenvalue weighted by Gasteiger charge is 2.77. The Kier molecular flexibility index (Phi) is 5.20. The van der Waals surface area contributed by atoms with Crippen LogP contribution in [0.2, 0.25) is 0 Å². The summed E-state index contributed by atoms with van der Waals surface area (Å²) in [6.07, 6.45) is 13.7. The molecule has 1 spiro atoms. The lowest BCUT2D eigenvalue weighted by Gasteiger charge is -2.61. The van der Waals surface area contributed by atoms with E-state index in [1.807, 2.05) is 21.0 Å². The number of methoxy groups -OCH3 is 1. The van der Waals surface area contributed by atoms with Gasteiger partial charge in [0.25, 0.3) is 0 Å². The van der Waals surface area contributed by atoms with Crippen LogP contribution in [0.4, 0.5) is 0 Å². The Morgan fingerprint density at radius 2 is 1.90 bits per heavy atom. The van der Waals surface area contributed by atoms with Gasteiger partial charge in [-0.3, -0.25) is 0 Å². The molecular weight excluding hydrogens is 384 g/mol. The number of fused-ring (bicyclic) bond motifs is 4. The molecule has 31 heavy (non-hydrogen) atoms. The number of rotatable bonds is 5. The zero-order valence-corrected chi connectivity index (χ0v) is 20.7. The minimum atomic E-state index is -0.147. The van der Waals surface area contributed by atoms with Gasteiger partial charge < -0.3 is 9.47 Å². The van der Waals surface area contributed by atoms with Gasteiger partial charge in [0.15, 0.2) is 0 Å². The molecule has 10 atom stereocenters. The number of hydrogen-bond donors (Lipinski definition) is 0. The first-order valence-corrected chi connectivity index (χ1v) is 13.1. The summed E-state index contributed by atoms with van der Waals surface area (Å²) in [5.74, 6) is 4.44. The molecule has 174 valence electrons. The highest BCUT2D eigenvalue weighted by atomic mass is 16.5. The van der Waals surface area contributed by atoms with Crippen molar-refractivity contribution in [3.8, 4) is 0 Å². The molecule has 5 aliphatic carbocycles. The van der Waals surface area contributed by atoms with E-state index in [0.717, 1.165) is 29.2 Å². The fraction of sp³-hybridized carbons (Fsp3) is 0.893. The lowest BCUT2D eigenvalue weighted by molar-refractivity contribution is -0.160. The van der Waals surface area contributed by atoms with E-state index in [9.17, 15) is 4.79 Å². The smallest absolute Gasteiger partial charge is 0.333 e. The molecule has 0 aliphatic heterocycles. The summed E-state index contributed by atoms with van der Waals surface area (Å²) < 4.78 is 11.5. The Morgan fingerprint density at radius 3 is 2.58 bits per heavy atom. The first-order chi connectivity index (χ1) is 14.7. The van der Waals surface area contributed by atoms with Gasteiger partial charge in [0, 0.05) is 18.1 Å². The lowest BCUT2D eigenvalue weighted by atomic mass is 9.45. The predicted octanol–water partition coefficient (Wildman–Crippen LogP) is 6.42. The van der Waals surface area contributed by atoms with Crippen LogP contribution >= 0.6 is 0 Å². The molecule has 0 aromatic rings. The molecule has 3 nitrogen and oxygen atoms in total. The molecule has 0 aromatic heterocycles. The second-order valence-corrected chi connectivity index (χ2v) is 12.4. The van der Waals surface area contributed by atoms with Crippen LogP contribution in [0.5, 0.6) is 0 Å². The van der Waals surface area contributed by atoms with Crippen LogP contribution in [0.15, 0.2) is 11.6 Å². The number of hydrogen-bond acceptors (Lipinski definition) is 3. The van der Waals surface area contributed by atoms with Gasteiger partial charge in [0.2, 0.25) is 0 Å². The molecule has 0 amide bonds. The number of esters is 1. The van der Waals surface area contributed by atoms with Gasteiger partial charge in [-0.05, 0) is 112 Å². The Morgan fingerprint density at radius 1 is 1.13 bits per heavy atom. The topological polar surface area (TPSA) is 35.5 Å². The maximum Gasteiger partial charge on any atom is 0.333 e. The van der Waals surface area contributed by atoms with Crippen molar-refractivity contribution in [2.75, 3.05) is 13.7 Å². The molecule has 0 aromatic carbocycles. The van der Waals surface area contributed by atoms with Crippen molar-refractivity contribution in [2.24, 2.45) is 51.8 Å². The van der Waals surface area contributed by atoms with E-state index < -0.39 is 0 Å². The number of carbonyl (C=O) groups is 1. The number of allylic oxidation sites excluding steroid dienone is 1. The van der Waals surface area contributed by atoms with Gasteiger partial charge in [-0.25, -0.2) is 4.79 Å². The van der Waals surface area contributed by atoms with Crippen LogP contribution in [0.1, 0.15) is 86.0 Å². The zero-order valence-electron chi connectivity index (χ0n) is 20.7. The maximum absolute atomic E-state index is 12.2. The Hall–Kier alpha value is -0.830. The van der Waals surface area contributed by atoms with Crippen LogP contribution in [0, 0.1) is 51.8 Å². The van der Waals surface area contributed by atoms with Crippen molar-refractivity contribution >= 4 is 5.97 Å². The second-order valence-electron chi connectivity index (χ2n) is 12.4. The number of carbonyl (C=O) groups excluding carboxylic acids is 1. The third-order valence-electron chi connectivity index (χ3n) is 11.6. The average Bonchev–Trinajstić information content (AvgIpc) is 3.24. The van der Waals surface area contributed by atoms with Gasteiger partial charge in [0.1, 0.15) is 0 Å². The van der Waals surface area contributed by atoms with E-state index in [2.05, 4.69) is 26.8 Å². The number of ether oxygens (including phenoxy) is 2. The van der Waals surface area contributed by atoms with Crippen LogP contribution in [-0.4, -0.2) is 25.8 Å². The summed E-state index contributed by atoms with van der Waals surface area (Å²) >= 11 is 0. The van der Waals surface area contributed by atoms with Crippen molar-refractivity contribution in [2.45, 2.75) is 92.1 Å². The largest absolute Gasteiger partial charge is 0.463 e. The Balaban J connectivity index is 1.39. The molecule has 5 rings (SSSR count). The third kappa shape index (κ3) is 2.83. The monoisotopic (exact) mass is 428 g/mol. The van der Waals surface area contributed by atoms with Crippen LogP contribution in [0.25, 0.3) is 0 Å². The highest BCUT2D eigenvalue weighted by Crippen LogP contribution is 2.82. The zero-order chi connectivity index (χ0) is 22.2. The molecule has 0 bridgehead atoms. The summed E-state index contributed by atoms with van der Waals surface area (Å²) in [5, 5.41) is 0. The van der Waals surface area contributed by atoms with Crippen LogP contribution in [-0.2, 0) is 14.3 Å². The summed E-state index contributed by atoms with van der Waals surface area (Å²) in [6.45, 7) is 11.9. The summed E-state index contributed by atoms with van der Waals surface area (Å²) in [4.78, 5) is 12.2. The van der Waals surface area contributed by atoms with E-state index in [1.54, 1.807) is 0 Å². The van der Waals surface area contributed by atoms with Gasteiger partial charge >= 0.3 is 5.97 Å².